The van der Waals surface area contributed by atoms with E-state index in [9.17, 15) is 28.8 Å². The number of likely N-dealkylation sites (N-methyl/N-ethyl adjacent to an activating group) is 1. The zero-order valence-electron chi connectivity index (χ0n) is 38.7. The molecule has 0 bridgehead atoms. The number of ether oxygens (including phenoxy) is 1. The number of benzene rings is 1. The first-order valence-electron chi connectivity index (χ1n) is 22.2. The lowest BCUT2D eigenvalue weighted by atomic mass is 9.92. The van der Waals surface area contributed by atoms with Crippen LogP contribution in [0.1, 0.15) is 91.3 Å². The van der Waals surface area contributed by atoms with E-state index in [4.69, 9.17) is 21.6 Å². The summed E-state index contributed by atoms with van der Waals surface area (Å²) in [6.45, 7) is 12.6. The number of hydrogen-bond donors (Lipinski definition) is 12. The summed E-state index contributed by atoms with van der Waals surface area (Å²) in [5.74, 6) is -4.00. The minimum absolute atomic E-state index is 0.0437. The van der Waals surface area contributed by atoms with Crippen molar-refractivity contribution in [3.63, 3.8) is 0 Å². The zero-order valence-corrected chi connectivity index (χ0v) is 38.7. The molecule has 1 heterocycles. The van der Waals surface area contributed by atoms with Crippen LogP contribution < -0.4 is 54.0 Å². The van der Waals surface area contributed by atoms with Gasteiger partial charge in [0.05, 0.1) is 18.6 Å². The van der Waals surface area contributed by atoms with Gasteiger partial charge in [-0.1, -0.05) is 58.0 Å². The molecule has 0 saturated carbocycles. The molecule has 0 spiro atoms. The summed E-state index contributed by atoms with van der Waals surface area (Å²) in [6, 6.07) is 3.66. The lowest BCUT2D eigenvalue weighted by molar-refractivity contribution is -0.136. The van der Waals surface area contributed by atoms with Crippen LogP contribution in [0, 0.1) is 17.2 Å². The first-order valence-corrected chi connectivity index (χ1v) is 22.2. The Morgan fingerprint density at radius 1 is 0.781 bits per heavy atom. The van der Waals surface area contributed by atoms with Crippen LogP contribution >= 0.6 is 0 Å². The highest BCUT2D eigenvalue weighted by atomic mass is 16.5. The molecule has 1 aromatic heterocycles. The maximum absolute atomic E-state index is 14.3. The molecule has 0 aliphatic heterocycles. The molecule has 2 aromatic rings. The minimum atomic E-state index is -1.23. The van der Waals surface area contributed by atoms with Crippen LogP contribution in [-0.4, -0.2) is 127 Å². The third-order valence-electron chi connectivity index (χ3n) is 10.1. The van der Waals surface area contributed by atoms with Gasteiger partial charge in [0.2, 0.25) is 35.4 Å². The smallest absolute Gasteiger partial charge is 0.246 e. The van der Waals surface area contributed by atoms with Gasteiger partial charge in [0.15, 0.2) is 5.96 Å². The Labute approximate surface area is 378 Å². The van der Waals surface area contributed by atoms with E-state index in [-0.39, 0.29) is 63.7 Å². The molecule has 0 fully saturated rings. The number of nitrogens with two attached hydrogens (primary N) is 2. The first kappa shape index (κ1) is 54.5. The largest absolute Gasteiger partial charge is 0.370 e. The molecule has 14 N–H and O–H groups in total. The second-order valence-electron chi connectivity index (χ2n) is 17.4. The predicted molar refractivity (Wildman–Crippen MR) is 245 cm³/mol. The number of aromatic nitrogens is 2. The SMILES string of the molecule is CNCCOCC(=O)N[C@@H](CCCCN)C(=O)N[C@@H](CCCNC(=N)N)C(=O)NC(C(=O)N[C@@H](Cc1c[nH]cn1)C(=O)N[C@@H](Cc1ccccc1)C(=O)NC(C)(C)CC(C)C)C(C)C. The number of imidazole rings is 1. The van der Waals surface area contributed by atoms with Gasteiger partial charge in [0, 0.05) is 37.7 Å². The normalized spacial score (nSPS) is 13.8. The third kappa shape index (κ3) is 21.7. The Morgan fingerprint density at radius 2 is 1.39 bits per heavy atom. The van der Waals surface area contributed by atoms with Crippen molar-refractivity contribution in [2.45, 2.75) is 129 Å². The van der Waals surface area contributed by atoms with E-state index in [1.807, 2.05) is 44.2 Å². The molecule has 5 atom stereocenters. The molecule has 1 aromatic carbocycles. The summed E-state index contributed by atoms with van der Waals surface area (Å²) >= 11 is 0. The second kappa shape index (κ2) is 29.0. The average Bonchev–Trinajstić information content (AvgIpc) is 3.74. The standard InChI is InChI=1S/C44H75N13O7/c1-28(2)24-44(5,6)57-41(62)34(22-30-14-9-8-10-15-30)54-40(61)35(23-31-25-49-27-51-31)55-42(63)37(29(3)4)56-39(60)33(17-13-19-50-43(46)47)53-38(59)32(16-11-12-18-45)52-36(58)26-64-21-20-48-7/h8-10,14-15,25,27-29,32-35,37,48H,11-13,16-24,26,45H2,1-7H3,(H,49,51)(H,52,58)(H,53,59)(H,54,61)(H,55,63)(H,56,60)(H,57,62)(H4,46,47,50)/t32-,33-,34-,35-,37?/m0/s1. The highest BCUT2D eigenvalue weighted by molar-refractivity contribution is 5.96. The summed E-state index contributed by atoms with van der Waals surface area (Å²) in [7, 11) is 1.75. The van der Waals surface area contributed by atoms with Crippen LogP contribution in [0.25, 0.3) is 0 Å². The van der Waals surface area contributed by atoms with Gasteiger partial charge in [-0.15, -0.1) is 0 Å². The lowest BCUT2D eigenvalue weighted by Crippen LogP contribution is -2.61. The molecule has 0 radical (unpaired) electrons. The van der Waals surface area contributed by atoms with Gasteiger partial charge >= 0.3 is 0 Å². The number of amides is 6. The van der Waals surface area contributed by atoms with Gasteiger partial charge in [-0.3, -0.25) is 34.2 Å². The first-order chi connectivity index (χ1) is 30.3. The number of H-pyrrole nitrogens is 1. The molecule has 358 valence electrons. The fourth-order valence-corrected chi connectivity index (χ4v) is 7.10. The fourth-order valence-electron chi connectivity index (χ4n) is 7.10. The number of aromatic amines is 1. The molecule has 6 amide bonds. The van der Waals surface area contributed by atoms with Crippen LogP contribution in [0.15, 0.2) is 42.9 Å². The van der Waals surface area contributed by atoms with Crippen molar-refractivity contribution >= 4 is 41.4 Å². The van der Waals surface area contributed by atoms with Crippen molar-refractivity contribution in [2.24, 2.45) is 23.3 Å². The van der Waals surface area contributed by atoms with Crippen LogP contribution in [-0.2, 0) is 46.3 Å². The third-order valence-corrected chi connectivity index (χ3v) is 10.1. The Hall–Kier alpha value is -5.60. The number of carbonyl (C=O) groups excluding carboxylic acids is 6. The molecule has 0 saturated heterocycles. The Kier molecular flexibility index (Phi) is 24.7. The van der Waals surface area contributed by atoms with Crippen molar-refractivity contribution in [2.75, 3.05) is 39.9 Å². The summed E-state index contributed by atoms with van der Waals surface area (Å²) in [5.41, 5.74) is 11.9. The topological polar surface area (TPSA) is 312 Å². The number of nitrogens with zero attached hydrogens (tertiary/aromatic N) is 1. The van der Waals surface area contributed by atoms with Gasteiger partial charge < -0.3 is 63.7 Å². The molecular formula is C44H75N13O7. The monoisotopic (exact) mass is 898 g/mol. The van der Waals surface area contributed by atoms with E-state index in [1.165, 1.54) is 6.33 Å². The van der Waals surface area contributed by atoms with Crippen molar-refractivity contribution in [3.05, 3.63) is 54.1 Å². The summed E-state index contributed by atoms with van der Waals surface area (Å²) in [5, 5.41) is 30.1. The Balaban J connectivity index is 2.38. The number of hydrogen-bond acceptors (Lipinski definition) is 11. The molecule has 20 heteroatoms. The maximum Gasteiger partial charge on any atom is 0.246 e. The average molecular weight is 898 g/mol. The second-order valence-corrected chi connectivity index (χ2v) is 17.4. The zero-order chi connectivity index (χ0) is 47.7. The van der Waals surface area contributed by atoms with Crippen molar-refractivity contribution in [1.29, 1.82) is 5.41 Å². The number of nitrogens with one attached hydrogen (secondary N) is 10. The molecule has 2 rings (SSSR count). The molecule has 20 nitrogen and oxygen atoms in total. The van der Waals surface area contributed by atoms with Crippen LogP contribution in [0.2, 0.25) is 0 Å². The van der Waals surface area contributed by atoms with Gasteiger partial charge in [-0.05, 0) is 83.4 Å². The van der Waals surface area contributed by atoms with E-state index in [1.54, 1.807) is 27.1 Å². The van der Waals surface area contributed by atoms with E-state index in [2.05, 4.69) is 66.3 Å². The highest BCUT2D eigenvalue weighted by Gasteiger charge is 2.35. The van der Waals surface area contributed by atoms with Gasteiger partial charge in [0.1, 0.15) is 36.8 Å². The van der Waals surface area contributed by atoms with Crippen LogP contribution in [0.4, 0.5) is 0 Å². The number of carbonyl (C=O) groups is 6. The van der Waals surface area contributed by atoms with E-state index in [0.717, 1.165) is 5.56 Å². The van der Waals surface area contributed by atoms with Gasteiger partial charge in [0.25, 0.3) is 0 Å². The molecule has 0 aliphatic carbocycles. The summed E-state index contributed by atoms with van der Waals surface area (Å²) in [6.07, 6.45) is 5.59. The fraction of sp³-hybridized carbons (Fsp3) is 0.636. The van der Waals surface area contributed by atoms with Crippen LogP contribution in [0.5, 0.6) is 0 Å². The van der Waals surface area contributed by atoms with E-state index < -0.39 is 71.2 Å². The molecule has 0 aliphatic rings. The molecule has 1 unspecified atom stereocenters. The van der Waals surface area contributed by atoms with E-state index in [0.29, 0.717) is 44.0 Å². The Morgan fingerprint density at radius 3 is 2.00 bits per heavy atom. The predicted octanol–water partition coefficient (Wildman–Crippen LogP) is -0.156. The van der Waals surface area contributed by atoms with Crippen molar-refractivity contribution in [3.8, 4) is 0 Å². The van der Waals surface area contributed by atoms with Gasteiger partial charge in [-0.25, -0.2) is 4.98 Å². The summed E-state index contributed by atoms with van der Waals surface area (Å²) < 4.78 is 5.38. The quantitative estimate of drug-likeness (QED) is 0.0267. The summed E-state index contributed by atoms with van der Waals surface area (Å²) in [4.78, 5) is 90.2. The Bertz CT molecular complexity index is 1740. The number of rotatable bonds is 31. The van der Waals surface area contributed by atoms with Gasteiger partial charge in [-0.2, -0.15) is 0 Å². The number of unbranched alkanes of at least 4 members (excludes halogenated alkanes) is 1. The number of guanidine groups is 1. The molecular weight excluding hydrogens is 823 g/mol. The van der Waals surface area contributed by atoms with Crippen LogP contribution in [0.3, 0.4) is 0 Å². The molecule has 64 heavy (non-hydrogen) atoms. The minimum Gasteiger partial charge on any atom is -0.370 e. The van der Waals surface area contributed by atoms with Crippen molar-refractivity contribution in [1.82, 2.24) is 52.5 Å². The van der Waals surface area contributed by atoms with E-state index >= 15 is 0 Å². The lowest BCUT2D eigenvalue weighted by Gasteiger charge is -2.31. The highest BCUT2D eigenvalue weighted by Crippen LogP contribution is 2.17. The van der Waals surface area contributed by atoms with Crippen molar-refractivity contribution < 1.29 is 33.5 Å². The maximum atomic E-state index is 14.3.